The van der Waals surface area contributed by atoms with Crippen LogP contribution in [0.2, 0.25) is 5.02 Å². The number of aliphatic hydroxyl groups is 1. The van der Waals surface area contributed by atoms with Crippen LogP contribution in [0.25, 0.3) is 0 Å². The molecule has 0 aromatic heterocycles. The fourth-order valence-electron chi connectivity index (χ4n) is 1.47. The van der Waals surface area contributed by atoms with Crippen LogP contribution in [0.1, 0.15) is 23.7 Å². The molecule has 1 amide bonds. The molecule has 0 fully saturated rings. The standard InChI is InChI=1S/C13H16ClF2NO3/c1-13(19,3-4-20-2)7-17-12(18)8-5-11(16)9(14)6-10(8)15/h5-6,19H,3-4,7H2,1-2H3,(H,17,18). The molecule has 0 aliphatic heterocycles. The van der Waals surface area contributed by atoms with E-state index in [4.69, 9.17) is 16.3 Å². The molecule has 4 nitrogen and oxygen atoms in total. The summed E-state index contributed by atoms with van der Waals surface area (Å²) in [4.78, 5) is 11.7. The average molecular weight is 308 g/mol. The summed E-state index contributed by atoms with van der Waals surface area (Å²) in [6.45, 7) is 1.71. The van der Waals surface area contributed by atoms with Crippen molar-refractivity contribution in [3.8, 4) is 0 Å². The van der Waals surface area contributed by atoms with Crippen molar-refractivity contribution < 1.29 is 23.4 Å². The zero-order valence-electron chi connectivity index (χ0n) is 11.2. The van der Waals surface area contributed by atoms with Crippen LogP contribution in [-0.4, -0.2) is 36.9 Å². The number of hydrogen-bond donors (Lipinski definition) is 2. The summed E-state index contributed by atoms with van der Waals surface area (Å²) >= 11 is 5.40. The Balaban J connectivity index is 2.70. The lowest BCUT2D eigenvalue weighted by molar-refractivity contribution is 0.0243. The van der Waals surface area contributed by atoms with Gasteiger partial charge in [-0.1, -0.05) is 11.6 Å². The molecule has 0 radical (unpaired) electrons. The summed E-state index contributed by atoms with van der Waals surface area (Å²) in [7, 11) is 1.49. The van der Waals surface area contributed by atoms with Crippen molar-refractivity contribution >= 4 is 17.5 Å². The van der Waals surface area contributed by atoms with Crippen LogP contribution in [0.15, 0.2) is 12.1 Å². The zero-order chi connectivity index (χ0) is 15.3. The minimum atomic E-state index is -1.20. The third kappa shape index (κ3) is 4.70. The normalized spacial score (nSPS) is 13.9. The first-order valence-corrected chi connectivity index (χ1v) is 6.28. The number of carbonyl (C=O) groups is 1. The maximum Gasteiger partial charge on any atom is 0.254 e. The highest BCUT2D eigenvalue weighted by Crippen LogP contribution is 2.19. The van der Waals surface area contributed by atoms with Crippen molar-refractivity contribution in [3.63, 3.8) is 0 Å². The maximum absolute atomic E-state index is 13.5. The number of benzene rings is 1. The van der Waals surface area contributed by atoms with E-state index in [0.29, 0.717) is 13.0 Å². The van der Waals surface area contributed by atoms with E-state index in [1.807, 2.05) is 0 Å². The molecule has 0 aliphatic carbocycles. The van der Waals surface area contributed by atoms with Gasteiger partial charge in [0.2, 0.25) is 0 Å². The van der Waals surface area contributed by atoms with E-state index in [9.17, 15) is 18.7 Å². The molecule has 1 rings (SSSR count). The van der Waals surface area contributed by atoms with Gasteiger partial charge in [-0.25, -0.2) is 8.78 Å². The topological polar surface area (TPSA) is 58.6 Å². The number of rotatable bonds is 6. The molecular formula is C13H16ClF2NO3. The average Bonchev–Trinajstić information content (AvgIpc) is 2.38. The molecule has 0 bridgehead atoms. The summed E-state index contributed by atoms with van der Waals surface area (Å²) in [5.74, 6) is -2.63. The van der Waals surface area contributed by atoms with E-state index >= 15 is 0 Å². The number of amides is 1. The van der Waals surface area contributed by atoms with Crippen molar-refractivity contribution in [2.75, 3.05) is 20.3 Å². The Morgan fingerprint density at radius 1 is 1.45 bits per heavy atom. The van der Waals surface area contributed by atoms with Crippen LogP contribution < -0.4 is 5.32 Å². The first-order chi connectivity index (χ1) is 9.26. The number of ether oxygens (including phenoxy) is 1. The van der Waals surface area contributed by atoms with Crippen LogP contribution in [0, 0.1) is 11.6 Å². The zero-order valence-corrected chi connectivity index (χ0v) is 11.9. The molecular weight excluding hydrogens is 292 g/mol. The molecule has 1 atom stereocenters. The van der Waals surface area contributed by atoms with Crippen molar-refractivity contribution in [1.29, 1.82) is 0 Å². The lowest BCUT2D eigenvalue weighted by Crippen LogP contribution is -2.41. The Labute approximate surface area is 120 Å². The second-order valence-electron chi connectivity index (χ2n) is 4.67. The van der Waals surface area contributed by atoms with Gasteiger partial charge in [0, 0.05) is 26.7 Å². The van der Waals surface area contributed by atoms with Crippen molar-refractivity contribution in [3.05, 3.63) is 34.4 Å². The molecule has 7 heteroatoms. The molecule has 20 heavy (non-hydrogen) atoms. The first-order valence-electron chi connectivity index (χ1n) is 5.91. The summed E-state index contributed by atoms with van der Waals surface area (Å²) in [6, 6.07) is 1.45. The minimum absolute atomic E-state index is 0.112. The number of carbonyl (C=O) groups excluding carboxylic acids is 1. The highest BCUT2D eigenvalue weighted by Gasteiger charge is 2.22. The molecule has 0 heterocycles. The van der Waals surface area contributed by atoms with Gasteiger partial charge < -0.3 is 15.2 Å². The Bertz CT molecular complexity index is 495. The third-order valence-corrected chi connectivity index (χ3v) is 3.02. The van der Waals surface area contributed by atoms with Gasteiger partial charge in [-0.3, -0.25) is 4.79 Å². The monoisotopic (exact) mass is 307 g/mol. The summed E-state index contributed by atoms with van der Waals surface area (Å²) in [5, 5.41) is 11.9. The quantitative estimate of drug-likeness (QED) is 0.792. The van der Waals surface area contributed by atoms with Crippen LogP contribution in [0.5, 0.6) is 0 Å². The number of halogens is 3. The highest BCUT2D eigenvalue weighted by atomic mass is 35.5. The van der Waals surface area contributed by atoms with E-state index in [2.05, 4.69) is 5.32 Å². The van der Waals surface area contributed by atoms with E-state index in [0.717, 1.165) is 12.1 Å². The van der Waals surface area contributed by atoms with E-state index < -0.39 is 33.7 Å². The van der Waals surface area contributed by atoms with Crippen LogP contribution >= 0.6 is 11.6 Å². The van der Waals surface area contributed by atoms with Gasteiger partial charge in [0.1, 0.15) is 11.6 Å². The Kier molecular flexibility index (Phi) is 5.86. The highest BCUT2D eigenvalue weighted by molar-refractivity contribution is 6.30. The largest absolute Gasteiger partial charge is 0.388 e. The number of methoxy groups -OCH3 is 1. The van der Waals surface area contributed by atoms with Crippen LogP contribution in [-0.2, 0) is 4.74 Å². The van der Waals surface area contributed by atoms with Gasteiger partial charge in [0.25, 0.3) is 5.91 Å². The van der Waals surface area contributed by atoms with Crippen molar-refractivity contribution in [2.24, 2.45) is 0 Å². The van der Waals surface area contributed by atoms with E-state index in [-0.39, 0.29) is 6.54 Å². The predicted octanol–water partition coefficient (Wildman–Crippen LogP) is 2.14. The summed E-state index contributed by atoms with van der Waals surface area (Å²) in [6.07, 6.45) is 0.293. The Morgan fingerprint density at radius 3 is 2.70 bits per heavy atom. The second-order valence-corrected chi connectivity index (χ2v) is 5.08. The van der Waals surface area contributed by atoms with Gasteiger partial charge in [-0.15, -0.1) is 0 Å². The smallest absolute Gasteiger partial charge is 0.254 e. The Hall–Kier alpha value is -1.24. The number of hydrogen-bond acceptors (Lipinski definition) is 3. The second kappa shape index (κ2) is 6.97. The fraction of sp³-hybridized carbons (Fsp3) is 0.462. The molecule has 1 aromatic rings. The fourth-order valence-corrected chi connectivity index (χ4v) is 1.62. The summed E-state index contributed by atoms with van der Waals surface area (Å²) in [5.41, 5.74) is -1.66. The van der Waals surface area contributed by atoms with Gasteiger partial charge in [0.05, 0.1) is 16.2 Å². The van der Waals surface area contributed by atoms with Gasteiger partial charge in [-0.05, 0) is 19.1 Å². The SMILES string of the molecule is COCCC(C)(O)CNC(=O)c1cc(F)c(Cl)cc1F. The molecule has 0 saturated carbocycles. The van der Waals surface area contributed by atoms with Crippen LogP contribution in [0.4, 0.5) is 8.78 Å². The minimum Gasteiger partial charge on any atom is -0.388 e. The lowest BCUT2D eigenvalue weighted by atomic mass is 10.0. The van der Waals surface area contributed by atoms with Crippen molar-refractivity contribution in [1.82, 2.24) is 5.32 Å². The third-order valence-electron chi connectivity index (χ3n) is 2.73. The van der Waals surface area contributed by atoms with Gasteiger partial charge in [0.15, 0.2) is 0 Å². The predicted molar refractivity (Wildman–Crippen MR) is 70.8 cm³/mol. The molecule has 1 unspecified atom stereocenters. The van der Waals surface area contributed by atoms with Crippen LogP contribution in [0.3, 0.4) is 0 Å². The molecule has 0 spiro atoms. The van der Waals surface area contributed by atoms with Crippen molar-refractivity contribution in [2.45, 2.75) is 18.9 Å². The number of nitrogens with one attached hydrogen (secondary N) is 1. The summed E-state index contributed by atoms with van der Waals surface area (Å²) < 4.78 is 31.5. The van der Waals surface area contributed by atoms with Gasteiger partial charge >= 0.3 is 0 Å². The Morgan fingerprint density at radius 2 is 2.10 bits per heavy atom. The maximum atomic E-state index is 13.5. The lowest BCUT2D eigenvalue weighted by Gasteiger charge is -2.23. The molecule has 1 aromatic carbocycles. The first kappa shape index (κ1) is 16.8. The molecule has 0 aliphatic rings. The molecule has 112 valence electrons. The molecule has 2 N–H and O–H groups in total. The van der Waals surface area contributed by atoms with E-state index in [1.165, 1.54) is 14.0 Å². The van der Waals surface area contributed by atoms with E-state index in [1.54, 1.807) is 0 Å². The van der Waals surface area contributed by atoms with Gasteiger partial charge in [-0.2, -0.15) is 0 Å². The molecule has 0 saturated heterocycles.